The van der Waals surface area contributed by atoms with E-state index < -0.39 is 47.5 Å². The van der Waals surface area contributed by atoms with E-state index in [4.69, 9.17) is 4.74 Å². The van der Waals surface area contributed by atoms with Gasteiger partial charge in [0.2, 0.25) is 0 Å². The normalized spacial score (nSPS) is 15.1. The summed E-state index contributed by atoms with van der Waals surface area (Å²) in [7, 11) is 0. The Balaban J connectivity index is 1.87. The number of halogens is 3. The molecular weight excluding hydrogens is 471 g/mol. The molecule has 2 N–H and O–H groups in total. The number of aliphatic hydroxyl groups excluding tert-OH is 1. The first kappa shape index (κ1) is 24.1. The van der Waals surface area contributed by atoms with Gasteiger partial charge in [-0.1, -0.05) is 12.1 Å². The number of ether oxygens (including phenoxy) is 1. The summed E-state index contributed by atoms with van der Waals surface area (Å²) in [6, 6.07) is 7.79. The van der Waals surface area contributed by atoms with Gasteiger partial charge in [0.25, 0.3) is 12.0 Å². The molecule has 0 spiro atoms. The highest BCUT2D eigenvalue weighted by Crippen LogP contribution is 2.37. The molecule has 1 aliphatic rings. The second-order valence-electron chi connectivity index (χ2n) is 7.86. The topological polar surface area (TPSA) is 114 Å². The van der Waals surface area contributed by atoms with Crippen molar-refractivity contribution in [2.24, 2.45) is 0 Å². The number of hydrogen-bond donors (Lipinski definition) is 2. The molecule has 9 nitrogen and oxygen atoms in total. The summed E-state index contributed by atoms with van der Waals surface area (Å²) in [5.74, 6) is -1.38. The second-order valence-corrected chi connectivity index (χ2v) is 7.86. The Morgan fingerprint density at radius 2 is 1.89 bits per heavy atom. The van der Waals surface area contributed by atoms with Gasteiger partial charge in [0.15, 0.2) is 5.75 Å². The van der Waals surface area contributed by atoms with Crippen molar-refractivity contribution in [1.82, 2.24) is 9.13 Å². The van der Waals surface area contributed by atoms with Crippen LogP contribution in [-0.4, -0.2) is 38.3 Å². The number of carboxylic acids is 1. The lowest BCUT2D eigenvalue weighted by Gasteiger charge is -2.18. The number of carboxylic acid groups (broad SMARTS) is 1. The molecule has 1 aliphatic heterocycles. The molecule has 1 aromatic heterocycles. The number of aromatic carboxylic acids is 1. The van der Waals surface area contributed by atoms with E-state index in [0.717, 1.165) is 22.9 Å². The maximum absolute atomic E-state index is 13.3. The zero-order valence-corrected chi connectivity index (χ0v) is 18.5. The van der Waals surface area contributed by atoms with Gasteiger partial charge in [-0.15, -0.1) is 0 Å². The second kappa shape index (κ2) is 8.62. The Bertz CT molecular complexity index is 1440. The van der Waals surface area contributed by atoms with Gasteiger partial charge < -0.3 is 19.8 Å². The van der Waals surface area contributed by atoms with Crippen molar-refractivity contribution in [1.29, 1.82) is 0 Å². The number of nitrogens with zero attached hydrogens (tertiary/aromatic N) is 3. The van der Waals surface area contributed by atoms with Gasteiger partial charge in [-0.2, -0.15) is 13.2 Å². The van der Waals surface area contributed by atoms with Crippen LogP contribution in [0.3, 0.4) is 0 Å². The molecule has 3 aromatic rings. The van der Waals surface area contributed by atoms with Crippen molar-refractivity contribution in [3.63, 3.8) is 0 Å². The lowest BCUT2D eigenvalue weighted by atomic mass is 10.0. The van der Waals surface area contributed by atoms with Crippen LogP contribution < -0.4 is 20.9 Å². The largest absolute Gasteiger partial charge is 0.477 e. The van der Waals surface area contributed by atoms with E-state index in [1.807, 2.05) is 0 Å². The van der Waals surface area contributed by atoms with E-state index in [-0.39, 0.29) is 22.6 Å². The van der Waals surface area contributed by atoms with Gasteiger partial charge in [0.1, 0.15) is 5.56 Å². The summed E-state index contributed by atoms with van der Waals surface area (Å²) in [6.45, 7) is 2.87. The molecule has 0 saturated carbocycles. The molecule has 0 saturated heterocycles. The van der Waals surface area contributed by atoms with Crippen molar-refractivity contribution >= 4 is 11.7 Å². The molecule has 12 heteroatoms. The highest BCUT2D eigenvalue weighted by molar-refractivity contribution is 5.86. The minimum absolute atomic E-state index is 0.0344. The first-order chi connectivity index (χ1) is 16.4. The van der Waals surface area contributed by atoms with Gasteiger partial charge in [0, 0.05) is 18.8 Å². The average molecular weight is 491 g/mol. The monoisotopic (exact) mass is 491 g/mol. The number of aliphatic hydroxyl groups is 1. The number of anilines is 1. The lowest BCUT2D eigenvalue weighted by molar-refractivity contribution is -0.138. The smallest absolute Gasteiger partial charge is 0.416 e. The molecule has 4 rings (SSSR count). The summed E-state index contributed by atoms with van der Waals surface area (Å²) < 4.78 is 46.8. The predicted molar refractivity (Wildman–Crippen MR) is 118 cm³/mol. The Hall–Kier alpha value is -4.06. The van der Waals surface area contributed by atoms with Gasteiger partial charge >= 0.3 is 17.8 Å². The molecule has 1 atom stereocenters. The van der Waals surface area contributed by atoms with Crippen LogP contribution in [0.5, 0.6) is 5.75 Å². The number of carbonyl (C=O) groups is 1. The number of benzene rings is 2. The SMILES string of the molecule is CCN1c2ccc(-n3cc(C(=O)O)c(=O)n(Cc4cccc(C(F)(F)F)c4C)c3=O)cc2OC1O. The average Bonchev–Trinajstić information content (AvgIpc) is 3.10. The minimum Gasteiger partial charge on any atom is -0.477 e. The maximum atomic E-state index is 13.3. The van der Waals surface area contributed by atoms with Crippen LogP contribution in [0.15, 0.2) is 52.2 Å². The Morgan fingerprint density at radius 3 is 2.51 bits per heavy atom. The zero-order chi connectivity index (χ0) is 25.7. The highest BCUT2D eigenvalue weighted by Gasteiger charge is 2.33. The van der Waals surface area contributed by atoms with Gasteiger partial charge in [-0.25, -0.2) is 9.59 Å². The first-order valence-corrected chi connectivity index (χ1v) is 10.4. The van der Waals surface area contributed by atoms with Crippen molar-refractivity contribution < 1.29 is 32.9 Å². The molecule has 0 fully saturated rings. The summed E-state index contributed by atoms with van der Waals surface area (Å²) in [5.41, 5.74) is -3.24. The molecule has 0 radical (unpaired) electrons. The van der Waals surface area contributed by atoms with E-state index in [2.05, 4.69) is 0 Å². The molecule has 1 unspecified atom stereocenters. The molecular formula is C23H20F3N3O6. The molecule has 0 bridgehead atoms. The zero-order valence-electron chi connectivity index (χ0n) is 18.5. The van der Waals surface area contributed by atoms with Crippen LogP contribution >= 0.6 is 0 Å². The quantitative estimate of drug-likeness (QED) is 0.564. The first-order valence-electron chi connectivity index (χ1n) is 10.4. The third-order valence-electron chi connectivity index (χ3n) is 5.85. The molecule has 2 aromatic carbocycles. The lowest BCUT2D eigenvalue weighted by Crippen LogP contribution is -2.42. The summed E-state index contributed by atoms with van der Waals surface area (Å²) in [5, 5.41) is 19.6. The fourth-order valence-electron chi connectivity index (χ4n) is 4.01. The molecule has 184 valence electrons. The summed E-state index contributed by atoms with van der Waals surface area (Å²) in [6.07, 6.45) is -5.03. The third kappa shape index (κ3) is 4.16. The Kier molecular flexibility index (Phi) is 5.93. The molecule has 2 heterocycles. The minimum atomic E-state index is -4.64. The van der Waals surface area contributed by atoms with E-state index in [1.54, 1.807) is 17.9 Å². The number of hydrogen-bond acceptors (Lipinski definition) is 6. The van der Waals surface area contributed by atoms with E-state index in [9.17, 15) is 37.8 Å². The van der Waals surface area contributed by atoms with Crippen molar-refractivity contribution in [2.45, 2.75) is 33.0 Å². The van der Waals surface area contributed by atoms with Gasteiger partial charge in [-0.3, -0.25) is 13.9 Å². The van der Waals surface area contributed by atoms with Crippen molar-refractivity contribution in [3.05, 3.63) is 85.7 Å². The number of alkyl halides is 3. The van der Waals surface area contributed by atoms with Crippen LogP contribution in [0, 0.1) is 6.92 Å². The van der Waals surface area contributed by atoms with Crippen LogP contribution in [0.4, 0.5) is 18.9 Å². The Morgan fingerprint density at radius 1 is 1.17 bits per heavy atom. The molecule has 0 amide bonds. The van der Waals surface area contributed by atoms with Crippen LogP contribution in [0.25, 0.3) is 5.69 Å². The van der Waals surface area contributed by atoms with Crippen LogP contribution in [0.2, 0.25) is 0 Å². The predicted octanol–water partition coefficient (Wildman–Crippen LogP) is 2.57. The van der Waals surface area contributed by atoms with Crippen LogP contribution in [-0.2, 0) is 12.7 Å². The van der Waals surface area contributed by atoms with E-state index in [0.29, 0.717) is 16.8 Å². The number of fused-ring (bicyclic) bond motifs is 1. The summed E-state index contributed by atoms with van der Waals surface area (Å²) in [4.78, 5) is 39.4. The van der Waals surface area contributed by atoms with Crippen molar-refractivity contribution in [3.8, 4) is 11.4 Å². The molecule has 35 heavy (non-hydrogen) atoms. The fourth-order valence-corrected chi connectivity index (χ4v) is 4.01. The summed E-state index contributed by atoms with van der Waals surface area (Å²) >= 11 is 0. The third-order valence-corrected chi connectivity index (χ3v) is 5.85. The van der Waals surface area contributed by atoms with Gasteiger partial charge in [0.05, 0.1) is 23.5 Å². The standard InChI is InChI=1S/C23H20F3N3O6/c1-3-27-17-8-7-14(9-18(17)35-22(27)34)28-11-15(20(31)32)19(30)29(21(28)33)10-13-5-4-6-16(12(13)2)23(24,25)26/h4-9,11,22,34H,3,10H2,1-2H3,(H,31,32). The number of aromatic nitrogens is 2. The van der Waals surface area contributed by atoms with Crippen molar-refractivity contribution in [2.75, 3.05) is 11.4 Å². The molecule has 0 aliphatic carbocycles. The Labute approximate surface area is 195 Å². The fraction of sp³-hybridized carbons (Fsp3) is 0.261. The van der Waals surface area contributed by atoms with E-state index >= 15 is 0 Å². The highest BCUT2D eigenvalue weighted by atomic mass is 19.4. The maximum Gasteiger partial charge on any atom is 0.416 e. The van der Waals surface area contributed by atoms with Crippen LogP contribution in [0.1, 0.15) is 34.0 Å². The van der Waals surface area contributed by atoms with E-state index in [1.165, 1.54) is 25.1 Å². The van der Waals surface area contributed by atoms with Gasteiger partial charge in [-0.05, 0) is 43.2 Å². The number of rotatable bonds is 5.